The molecule has 2 fully saturated rings. The highest BCUT2D eigenvalue weighted by molar-refractivity contribution is 7.93. The maximum atomic E-state index is 12.6. The van der Waals surface area contributed by atoms with Crippen molar-refractivity contribution in [2.24, 2.45) is 4.36 Å². The highest BCUT2D eigenvalue weighted by atomic mass is 32.2. The Morgan fingerprint density at radius 2 is 2.00 bits per heavy atom. The molecule has 2 aliphatic heterocycles. The molecule has 3 rings (SSSR count). The minimum atomic E-state index is -2.51. The van der Waals surface area contributed by atoms with Crippen LogP contribution in [-0.4, -0.2) is 56.5 Å². The van der Waals surface area contributed by atoms with Gasteiger partial charge in [-0.05, 0) is 26.7 Å². The first kappa shape index (κ1) is 19.8. The van der Waals surface area contributed by atoms with Crippen molar-refractivity contribution < 1.29 is 13.7 Å². The lowest BCUT2D eigenvalue weighted by atomic mass is 9.94. The van der Waals surface area contributed by atoms with E-state index in [9.17, 15) is 18.6 Å². The van der Waals surface area contributed by atoms with Crippen LogP contribution in [0.25, 0.3) is 0 Å². The van der Waals surface area contributed by atoms with Gasteiger partial charge in [0.15, 0.2) is 0 Å². The molecule has 2 aliphatic rings. The van der Waals surface area contributed by atoms with Gasteiger partial charge in [-0.3, -0.25) is 19.1 Å². The molecule has 1 amide bonds. The Morgan fingerprint density at radius 1 is 1.33 bits per heavy atom. The second-order valence-electron chi connectivity index (χ2n) is 7.51. The van der Waals surface area contributed by atoms with Crippen LogP contribution in [0.1, 0.15) is 39.7 Å². The van der Waals surface area contributed by atoms with Crippen molar-refractivity contribution in [1.29, 1.82) is 0 Å². The standard InChI is InChI=1S/C17H26N4O5S/c1-12(2)21-15(23)10-14(18-16(21)24)20-6-7-26-17(11-20)4-8-27(25,9-5-17)19-13(3)22/h10,12H,4-9,11H2,1-3H3,(H,18,24). The number of H-pyrrole nitrogens is 1. The summed E-state index contributed by atoms with van der Waals surface area (Å²) in [5, 5.41) is 0. The van der Waals surface area contributed by atoms with E-state index in [0.717, 1.165) is 0 Å². The average molecular weight is 398 g/mol. The van der Waals surface area contributed by atoms with Gasteiger partial charge in [-0.15, -0.1) is 0 Å². The molecule has 10 heteroatoms. The van der Waals surface area contributed by atoms with Crippen LogP contribution in [0.2, 0.25) is 0 Å². The molecule has 0 atom stereocenters. The Kier molecular flexibility index (Phi) is 5.31. The number of amides is 1. The molecule has 1 aromatic rings. The van der Waals surface area contributed by atoms with Gasteiger partial charge >= 0.3 is 5.69 Å². The van der Waals surface area contributed by atoms with Crippen LogP contribution in [0.4, 0.5) is 5.82 Å². The number of morpholine rings is 1. The SMILES string of the molecule is CC(=O)N=S1(=O)CCC2(CC1)CN(c1cc(=O)n(C(C)C)c(=O)[nH]1)CCO2. The third-order valence-corrected chi connectivity index (χ3v) is 7.38. The van der Waals surface area contributed by atoms with E-state index < -0.39 is 26.9 Å². The highest BCUT2D eigenvalue weighted by Crippen LogP contribution is 2.33. The summed E-state index contributed by atoms with van der Waals surface area (Å²) in [6.07, 6.45) is 1.04. The molecule has 1 N–H and O–H groups in total. The Bertz CT molecular complexity index is 925. The van der Waals surface area contributed by atoms with Gasteiger partial charge in [0.25, 0.3) is 11.5 Å². The van der Waals surface area contributed by atoms with Crippen molar-refractivity contribution >= 4 is 21.5 Å². The zero-order valence-electron chi connectivity index (χ0n) is 15.9. The van der Waals surface area contributed by atoms with Crippen LogP contribution in [0.3, 0.4) is 0 Å². The van der Waals surface area contributed by atoms with Crippen LogP contribution in [0.5, 0.6) is 0 Å². The van der Waals surface area contributed by atoms with E-state index in [1.165, 1.54) is 17.6 Å². The van der Waals surface area contributed by atoms with Gasteiger partial charge in [-0.25, -0.2) is 9.00 Å². The largest absolute Gasteiger partial charge is 0.371 e. The molecule has 0 radical (unpaired) electrons. The molecule has 3 heterocycles. The molecule has 0 bridgehead atoms. The first-order valence-electron chi connectivity index (χ1n) is 9.11. The molecule has 2 saturated heterocycles. The molecule has 150 valence electrons. The lowest BCUT2D eigenvalue weighted by Gasteiger charge is -2.45. The molecule has 27 heavy (non-hydrogen) atoms. The molecule has 1 aromatic heterocycles. The summed E-state index contributed by atoms with van der Waals surface area (Å²) >= 11 is 0. The number of hydrogen-bond acceptors (Lipinski definition) is 6. The second kappa shape index (κ2) is 7.23. The Labute approximate surface area is 157 Å². The number of rotatable bonds is 2. The van der Waals surface area contributed by atoms with Crippen LogP contribution >= 0.6 is 0 Å². The third kappa shape index (κ3) is 4.16. The van der Waals surface area contributed by atoms with E-state index in [0.29, 0.717) is 49.9 Å². The average Bonchev–Trinajstić information content (AvgIpc) is 2.57. The van der Waals surface area contributed by atoms with E-state index in [4.69, 9.17) is 4.74 Å². The van der Waals surface area contributed by atoms with Gasteiger partial charge in [0.05, 0.1) is 21.9 Å². The van der Waals surface area contributed by atoms with Gasteiger partial charge < -0.3 is 9.64 Å². The molecular formula is C17H26N4O5S. The zero-order chi connectivity index (χ0) is 19.8. The monoisotopic (exact) mass is 398 g/mol. The fourth-order valence-corrected chi connectivity index (χ4v) is 5.99. The van der Waals surface area contributed by atoms with Crippen molar-refractivity contribution in [3.63, 3.8) is 0 Å². The number of aromatic amines is 1. The third-order valence-electron chi connectivity index (χ3n) is 5.11. The van der Waals surface area contributed by atoms with Crippen molar-refractivity contribution in [3.05, 3.63) is 26.9 Å². The van der Waals surface area contributed by atoms with Crippen molar-refractivity contribution in [1.82, 2.24) is 9.55 Å². The van der Waals surface area contributed by atoms with E-state index >= 15 is 0 Å². The molecular weight excluding hydrogens is 372 g/mol. The molecule has 0 saturated carbocycles. The molecule has 0 aliphatic carbocycles. The number of ether oxygens (including phenoxy) is 1. The molecule has 0 aromatic carbocycles. The minimum Gasteiger partial charge on any atom is -0.371 e. The van der Waals surface area contributed by atoms with Crippen molar-refractivity contribution in [3.8, 4) is 0 Å². The van der Waals surface area contributed by atoms with E-state index in [1.54, 1.807) is 13.8 Å². The smallest absolute Gasteiger partial charge is 0.330 e. The summed E-state index contributed by atoms with van der Waals surface area (Å²) in [6, 6.07) is 1.22. The predicted molar refractivity (Wildman–Crippen MR) is 103 cm³/mol. The topological polar surface area (TPSA) is 114 Å². The minimum absolute atomic E-state index is 0.220. The zero-order valence-corrected chi connectivity index (χ0v) is 16.7. The number of nitrogens with one attached hydrogen (secondary N) is 1. The van der Waals surface area contributed by atoms with Gasteiger partial charge in [0.2, 0.25) is 0 Å². The van der Waals surface area contributed by atoms with Gasteiger partial charge in [0, 0.05) is 43.6 Å². The summed E-state index contributed by atoms with van der Waals surface area (Å²) in [5.74, 6) is 0.687. The van der Waals surface area contributed by atoms with Crippen molar-refractivity contribution in [2.75, 3.05) is 36.1 Å². The summed E-state index contributed by atoms with van der Waals surface area (Å²) in [5.41, 5.74) is -1.27. The van der Waals surface area contributed by atoms with Gasteiger partial charge in [-0.2, -0.15) is 4.36 Å². The fourth-order valence-electron chi connectivity index (χ4n) is 3.75. The number of nitrogens with zero attached hydrogens (tertiary/aromatic N) is 3. The maximum absolute atomic E-state index is 12.6. The predicted octanol–water partition coefficient (Wildman–Crippen LogP) is 0.501. The Balaban J connectivity index is 1.82. The van der Waals surface area contributed by atoms with E-state index in [1.807, 2.05) is 4.90 Å². The lowest BCUT2D eigenvalue weighted by Crippen LogP contribution is -2.56. The number of hydrogen-bond donors (Lipinski definition) is 1. The van der Waals surface area contributed by atoms with Crippen LogP contribution < -0.4 is 16.1 Å². The molecule has 9 nitrogen and oxygen atoms in total. The van der Waals surface area contributed by atoms with E-state index in [2.05, 4.69) is 9.35 Å². The number of aromatic nitrogens is 2. The summed E-state index contributed by atoms with van der Waals surface area (Å²) in [6.45, 7) is 6.36. The van der Waals surface area contributed by atoms with Crippen LogP contribution in [0, 0.1) is 0 Å². The summed E-state index contributed by atoms with van der Waals surface area (Å²) < 4.78 is 23.6. The highest BCUT2D eigenvalue weighted by Gasteiger charge is 2.41. The first-order chi connectivity index (χ1) is 12.6. The van der Waals surface area contributed by atoms with E-state index in [-0.39, 0.29) is 11.6 Å². The summed E-state index contributed by atoms with van der Waals surface area (Å²) in [7, 11) is -2.51. The number of carbonyl (C=O) groups excluding carboxylic acids is 1. The number of anilines is 1. The first-order valence-corrected chi connectivity index (χ1v) is 11.0. The van der Waals surface area contributed by atoms with Crippen molar-refractivity contribution in [2.45, 2.75) is 45.3 Å². The quantitative estimate of drug-likeness (QED) is 0.776. The normalized spacial score (nSPS) is 28.5. The van der Waals surface area contributed by atoms with Gasteiger partial charge in [0.1, 0.15) is 5.82 Å². The van der Waals surface area contributed by atoms with Crippen LogP contribution in [-0.2, 0) is 19.3 Å². The van der Waals surface area contributed by atoms with Gasteiger partial charge in [-0.1, -0.05) is 0 Å². The number of carbonyl (C=O) groups is 1. The van der Waals surface area contributed by atoms with Crippen LogP contribution in [0.15, 0.2) is 20.0 Å². The molecule has 0 unspecified atom stereocenters. The second-order valence-corrected chi connectivity index (χ2v) is 10.1. The summed E-state index contributed by atoms with van der Waals surface area (Å²) in [4.78, 5) is 40.5. The lowest BCUT2D eigenvalue weighted by molar-refractivity contribution is -0.115. The molecule has 1 spiro atoms. The Morgan fingerprint density at radius 3 is 2.56 bits per heavy atom. The Hall–Kier alpha value is -1.94. The maximum Gasteiger partial charge on any atom is 0.330 e. The fraction of sp³-hybridized carbons (Fsp3) is 0.706.